The predicted octanol–water partition coefficient (Wildman–Crippen LogP) is 18.1. The summed E-state index contributed by atoms with van der Waals surface area (Å²) in [6.45, 7) is 35.1. The number of hydrogen-bond donors (Lipinski definition) is 4. The van der Waals surface area contributed by atoms with Gasteiger partial charge in [0.25, 0.3) is 17.8 Å². The van der Waals surface area contributed by atoms with Gasteiger partial charge in [-0.2, -0.15) is 0 Å². The molecule has 0 heterocycles. The molecular formula is C107H145Br2IK2N2O26Si2Sn2. The molecule has 0 atom stereocenters. The first-order valence-electron chi connectivity index (χ1n) is 45.4. The summed E-state index contributed by atoms with van der Waals surface area (Å²) in [6, 6.07) is 50.5. The Morgan fingerprint density at radius 3 is 1.05 bits per heavy atom. The number of ether oxygens (including phenoxy) is 7. The van der Waals surface area contributed by atoms with Crippen molar-refractivity contribution in [3.05, 3.63) is 300 Å². The topological polar surface area (TPSA) is 418 Å². The number of carboxylic acid groups (broad SMARTS) is 1. The Balaban J connectivity index is -0.000000245. The van der Waals surface area contributed by atoms with Crippen LogP contribution in [0.4, 0.5) is 11.4 Å². The van der Waals surface area contributed by atoms with Gasteiger partial charge in [-0.15, -0.1) is 23.9 Å². The molecular weight excluding hydrogens is 2390 g/mol. The number of methoxy groups -OCH3 is 7. The van der Waals surface area contributed by atoms with Crippen molar-refractivity contribution >= 4 is 183 Å². The predicted molar refractivity (Wildman–Crippen MR) is 591 cm³/mol. The zero-order valence-electron chi connectivity index (χ0n) is 89.1. The summed E-state index contributed by atoms with van der Waals surface area (Å²) in [5.41, 5.74) is 11.8. The van der Waals surface area contributed by atoms with Gasteiger partial charge in [-0.25, -0.2) is 33.6 Å². The molecule has 37 heteroatoms. The minimum atomic E-state index is -2.61. The molecule has 0 amide bonds. The van der Waals surface area contributed by atoms with E-state index in [0.717, 1.165) is 43.0 Å². The molecule has 0 aliphatic rings. The SMILES string of the molecule is C#C[Si](C)(C)C.C#Cc1ccccc1C(=O)OC.C=C(c1ccccc1C(=O)OC)c1ccc(C(=O)OC)cc1[N+](=O)[O-].C=[C](c1ccccc1C(=O)OC)[Sn]([CH2]CCC)([CH2]CCC)[CH2]CCC.CCC[CH2][SnH]([CH2]CCC)[CH2]CCC.CO.CO.CO.COC(=O)c1ccc(I)c([N+](=O)[O-])c1.COC(=O)c1ccccc1Br.COC(=O)c1ccccc1C#C[Si](C)(C)C.O=C(O)c1ccccc1Br.O=CO[O-].[H-].[K+].[K+]. The van der Waals surface area contributed by atoms with Crippen molar-refractivity contribution < 1.29 is 221 Å². The van der Waals surface area contributed by atoms with Crippen LogP contribution in [-0.4, -0.2) is 210 Å². The van der Waals surface area contributed by atoms with Crippen LogP contribution in [0.25, 0.3) is 9.16 Å². The number of unbranched alkanes of at least 4 members (excludes halogenated alkanes) is 6. The van der Waals surface area contributed by atoms with Crippen LogP contribution in [0.5, 0.6) is 0 Å². The van der Waals surface area contributed by atoms with Gasteiger partial charge in [0.1, 0.15) is 16.1 Å². The van der Waals surface area contributed by atoms with Gasteiger partial charge in [-0.3, -0.25) is 25.0 Å². The maximum Gasteiger partial charge on any atom is 1.00 e. The fourth-order valence-corrected chi connectivity index (χ4v) is 40.9. The average Bonchev–Trinajstić information content (AvgIpc) is 0.796. The van der Waals surface area contributed by atoms with Gasteiger partial charge in [-0.1, -0.05) is 124 Å². The van der Waals surface area contributed by atoms with E-state index in [1.165, 1.54) is 174 Å². The number of aliphatic hydroxyl groups excluding tert-OH is 3. The van der Waals surface area contributed by atoms with E-state index in [1.54, 1.807) is 110 Å². The molecule has 144 heavy (non-hydrogen) atoms. The smallest absolute Gasteiger partial charge is 1.00 e. The Hall–Kier alpha value is -7.22. The molecule has 0 aliphatic heterocycles. The van der Waals surface area contributed by atoms with E-state index in [9.17, 15) is 58.6 Å². The Morgan fingerprint density at radius 2 is 0.729 bits per heavy atom. The van der Waals surface area contributed by atoms with Crippen molar-refractivity contribution in [1.82, 2.24) is 0 Å². The molecule has 8 aromatic rings. The summed E-state index contributed by atoms with van der Waals surface area (Å²) in [5, 5.41) is 59.9. The zero-order chi connectivity index (χ0) is 110. The maximum absolute atomic E-state index is 12.3. The summed E-state index contributed by atoms with van der Waals surface area (Å²) in [4.78, 5) is 123. The molecule has 0 fully saturated rings. The van der Waals surface area contributed by atoms with Gasteiger partial charge in [0.05, 0.1) is 101 Å². The van der Waals surface area contributed by atoms with Crippen molar-refractivity contribution in [3.63, 3.8) is 0 Å². The minimum Gasteiger partial charge on any atom is -1.00 e. The molecule has 8 aromatic carbocycles. The van der Waals surface area contributed by atoms with E-state index >= 15 is 0 Å². The van der Waals surface area contributed by atoms with Crippen LogP contribution in [0.2, 0.25) is 65.9 Å². The van der Waals surface area contributed by atoms with Gasteiger partial charge < -0.3 is 60.4 Å². The van der Waals surface area contributed by atoms with Crippen LogP contribution in [0.3, 0.4) is 0 Å². The quantitative estimate of drug-likeness (QED) is 0.00341. The van der Waals surface area contributed by atoms with Crippen molar-refractivity contribution in [1.29, 1.82) is 0 Å². The molecule has 0 unspecified atom stereocenters. The molecule has 0 aromatic heterocycles. The van der Waals surface area contributed by atoms with Crippen LogP contribution in [0, 0.1) is 59.6 Å². The third-order valence-electron chi connectivity index (χ3n) is 19.6. The first-order chi connectivity index (χ1) is 67.5. The standard InChI is InChI=1S/C18H15NO6.C13H16O2Si.C10H9O2.C10H8O2.C8H7BrO2.C8H6INO4.C7H5BrO2.C5H10Si.6C4H9.CH2O3.3CH4O.2K.2Sn.2H/c1-11(13-6-4-5-7-15(13)18(21)25-3)14-9-8-12(17(20)24-2)10-16(14)19(22)23;1-15-13(14)12-8-6-5-7-11(12)9-10-16(2,3)4;2*1-3-8-6-4-5-7-9(8)10(11)12-2;1-11-8(10)6-4-2-3-5-7(6)9;1-14-8(11)5-2-3-6(9)7(4-5)10(12)13;8-6-4-2-1-3-5(6)7(9)10;1-5-6(2,3)4;6*1-3-4-2;2-1-4-3;3*1-2;;;;;;/h4-10H,1H2,2-3H3;5-8H,1-4H3;4-7H,1H2,2H3;1,4-7H,2H3;2-5H,1H3;2-4H,1H3;1-4H,(H,9,10);1H,2-4H3;6*1,3-4H2,2H3;1,3H;3*2H,1H3;;;;;;/q;;;;;;;;;;;;;;;;;;2*+1;;;;-1/p-1. The van der Waals surface area contributed by atoms with Crippen LogP contribution in [-0.2, 0) is 42.8 Å². The first-order valence-corrected chi connectivity index (χ1v) is 69.5. The number of aliphatic hydroxyl groups is 3. The second-order valence-electron chi connectivity index (χ2n) is 31.9. The zero-order valence-corrected chi connectivity index (χ0v) is 108. The van der Waals surface area contributed by atoms with E-state index in [4.69, 9.17) is 57.5 Å². The van der Waals surface area contributed by atoms with Gasteiger partial charge >= 0.3 is 396 Å². The fraction of sp³-hybridized carbons (Fsp3) is 0.374. The summed E-state index contributed by atoms with van der Waals surface area (Å²) in [5.74, 6) is 1.45. The molecule has 0 spiro atoms. The van der Waals surface area contributed by atoms with E-state index in [1.807, 2.05) is 65.1 Å². The van der Waals surface area contributed by atoms with E-state index in [2.05, 4.69) is 179 Å². The number of esters is 7. The normalized spacial score (nSPS) is 9.56. The molecule has 778 valence electrons. The second-order valence-corrected chi connectivity index (χ2v) is 67.5. The van der Waals surface area contributed by atoms with Crippen LogP contribution in [0.1, 0.15) is 231 Å². The number of hydrogen-bond acceptors (Lipinski definition) is 25. The van der Waals surface area contributed by atoms with Crippen molar-refractivity contribution in [2.45, 2.75) is 184 Å². The number of nitrogens with zero attached hydrogens (tertiary/aromatic N) is 2. The van der Waals surface area contributed by atoms with E-state index in [0.29, 0.717) is 47.0 Å². The summed E-state index contributed by atoms with van der Waals surface area (Å²) >= 11 is 4.61. The number of carbonyl (C=O) groups is 9. The number of terminal acetylenes is 2. The summed E-state index contributed by atoms with van der Waals surface area (Å²) < 4.78 is 44.9. The third kappa shape index (κ3) is 62.9. The summed E-state index contributed by atoms with van der Waals surface area (Å²) in [7, 11) is 9.67. The molecule has 0 saturated carbocycles. The molecule has 8 rings (SSSR count). The number of nitro groups is 2. The Bertz CT molecular complexity index is 5290. The third-order valence-corrected chi connectivity index (χ3v) is 49.8. The first kappa shape index (κ1) is 150. The van der Waals surface area contributed by atoms with Gasteiger partial charge in [0.2, 0.25) is 0 Å². The molecule has 28 nitrogen and oxygen atoms in total. The molecule has 4 N–H and O–H groups in total. The van der Waals surface area contributed by atoms with E-state index in [-0.39, 0.29) is 168 Å². The number of halogens is 3. The number of rotatable bonds is 33. The van der Waals surface area contributed by atoms with Crippen LogP contribution < -0.4 is 108 Å². The van der Waals surface area contributed by atoms with Crippen molar-refractivity contribution in [2.24, 2.45) is 0 Å². The number of benzene rings is 8. The van der Waals surface area contributed by atoms with Gasteiger partial charge in [0, 0.05) is 53.5 Å². The molecule has 0 aliphatic carbocycles. The Labute approximate surface area is 983 Å². The largest absolute Gasteiger partial charge is 1.00 e. The molecule has 0 radical (unpaired) electrons. The number of nitro benzene ring substituents is 2. The monoisotopic (exact) mass is 2530 g/mol. The summed E-state index contributed by atoms with van der Waals surface area (Å²) in [6.07, 6.45) is 26.8. The maximum atomic E-state index is 12.3. The average molecular weight is 2530 g/mol. The Kier molecular flexibility index (Phi) is 94.5. The van der Waals surface area contributed by atoms with Gasteiger partial charge in [0.15, 0.2) is 0 Å². The second kappa shape index (κ2) is 90.8. The van der Waals surface area contributed by atoms with Crippen molar-refractivity contribution in [3.8, 4) is 35.8 Å². The number of carboxylic acids is 1. The van der Waals surface area contributed by atoms with Crippen molar-refractivity contribution in [2.75, 3.05) is 71.1 Å². The van der Waals surface area contributed by atoms with Crippen LogP contribution in [0.15, 0.2) is 204 Å². The molecule has 0 saturated heterocycles. The minimum absolute atomic E-state index is 0. The fourth-order valence-electron chi connectivity index (χ4n) is 12.3. The Morgan fingerprint density at radius 1 is 0.438 bits per heavy atom. The number of carbonyl (C=O) groups excluding carboxylic acids is 8. The van der Waals surface area contributed by atoms with Crippen LogP contribution >= 0.6 is 54.5 Å². The van der Waals surface area contributed by atoms with Gasteiger partial charge in [-0.05, 0) is 144 Å². The van der Waals surface area contributed by atoms with E-state index < -0.39 is 94.0 Å². The number of aromatic carboxylic acids is 1. The molecule has 0 bridgehead atoms.